The Morgan fingerprint density at radius 1 is 1.30 bits per heavy atom. The lowest BCUT2D eigenvalue weighted by molar-refractivity contribution is -0.147. The van der Waals surface area contributed by atoms with Gasteiger partial charge in [0.1, 0.15) is 6.04 Å². The quantitative estimate of drug-likeness (QED) is 0.794. The number of hydrogen-bond donors (Lipinski definition) is 2. The van der Waals surface area contributed by atoms with Gasteiger partial charge in [-0.15, -0.1) is 11.8 Å². The molecule has 4 unspecified atom stereocenters. The lowest BCUT2D eigenvalue weighted by Crippen LogP contribution is -2.51. The van der Waals surface area contributed by atoms with Crippen LogP contribution in [-0.2, 0) is 14.4 Å². The van der Waals surface area contributed by atoms with Crippen molar-refractivity contribution in [1.29, 1.82) is 0 Å². The van der Waals surface area contributed by atoms with Crippen molar-refractivity contribution in [3.05, 3.63) is 0 Å². The Balaban J connectivity index is 1.99. The third-order valence-corrected chi connectivity index (χ3v) is 5.85. The van der Waals surface area contributed by atoms with Crippen molar-refractivity contribution >= 4 is 29.5 Å². The van der Waals surface area contributed by atoms with Gasteiger partial charge in [0.15, 0.2) is 0 Å². The van der Waals surface area contributed by atoms with Crippen LogP contribution >= 0.6 is 11.8 Å². The molecule has 0 radical (unpaired) electrons. The average Bonchev–Trinajstić information content (AvgIpc) is 3.03. The van der Waals surface area contributed by atoms with E-state index in [2.05, 4.69) is 5.32 Å². The highest BCUT2D eigenvalue weighted by atomic mass is 32.2. The molecule has 6 nitrogen and oxygen atoms in total. The van der Waals surface area contributed by atoms with Crippen molar-refractivity contribution in [1.82, 2.24) is 10.2 Å². The van der Waals surface area contributed by atoms with Gasteiger partial charge in [-0.2, -0.15) is 0 Å². The lowest BCUT2D eigenvalue weighted by Gasteiger charge is -2.31. The van der Waals surface area contributed by atoms with E-state index >= 15 is 0 Å². The van der Waals surface area contributed by atoms with Crippen molar-refractivity contribution < 1.29 is 19.5 Å². The maximum atomic E-state index is 12.8. The molecule has 2 N–H and O–H groups in total. The summed E-state index contributed by atoms with van der Waals surface area (Å²) in [5.74, 6) is -0.518. The molecular formula is C16H26N2O4S. The maximum absolute atomic E-state index is 12.8. The van der Waals surface area contributed by atoms with Crippen LogP contribution in [0.25, 0.3) is 0 Å². The molecule has 1 saturated carbocycles. The Morgan fingerprint density at radius 3 is 2.65 bits per heavy atom. The topological polar surface area (TPSA) is 86.7 Å². The van der Waals surface area contributed by atoms with E-state index in [1.165, 1.54) is 0 Å². The van der Waals surface area contributed by atoms with Gasteiger partial charge in [0.25, 0.3) is 0 Å². The van der Waals surface area contributed by atoms with Crippen molar-refractivity contribution in [3.8, 4) is 0 Å². The second-order valence-corrected chi connectivity index (χ2v) is 7.54. The second-order valence-electron chi connectivity index (χ2n) is 6.54. The Labute approximate surface area is 141 Å². The summed E-state index contributed by atoms with van der Waals surface area (Å²) in [5.41, 5.74) is 0. The van der Waals surface area contributed by atoms with Crippen molar-refractivity contribution in [3.63, 3.8) is 0 Å². The fraction of sp³-hybridized carbons (Fsp3) is 0.812. The van der Waals surface area contributed by atoms with Gasteiger partial charge >= 0.3 is 5.97 Å². The molecule has 130 valence electrons. The number of thioether (sulfide) groups is 1. The summed E-state index contributed by atoms with van der Waals surface area (Å²) in [6.45, 7) is 3.95. The third kappa shape index (κ3) is 4.40. The standard InChI is InChI=1S/C16H26N2O4S/c1-3-10(2)17-14(19)13-8-23-9-18(13)15(20)11-5-4-6-12(7-11)16(21)22/h10-13H,3-9H2,1-2H3,(H,17,19)(H,21,22). The van der Waals surface area contributed by atoms with Crippen LogP contribution < -0.4 is 5.32 Å². The van der Waals surface area contributed by atoms with Crippen molar-refractivity contribution in [2.75, 3.05) is 11.6 Å². The molecule has 7 heteroatoms. The largest absolute Gasteiger partial charge is 0.481 e. The van der Waals surface area contributed by atoms with Gasteiger partial charge in [0.2, 0.25) is 11.8 Å². The summed E-state index contributed by atoms with van der Waals surface area (Å²) in [6, 6.07) is -0.331. The number of rotatable bonds is 5. The first kappa shape index (κ1) is 18.1. The molecule has 2 rings (SSSR count). The predicted molar refractivity (Wildman–Crippen MR) is 88.9 cm³/mol. The molecule has 1 heterocycles. The molecule has 0 bridgehead atoms. The minimum Gasteiger partial charge on any atom is -0.481 e. The smallest absolute Gasteiger partial charge is 0.306 e. The number of nitrogens with zero attached hydrogens (tertiary/aromatic N) is 1. The van der Waals surface area contributed by atoms with Crippen LogP contribution in [0.15, 0.2) is 0 Å². The molecule has 0 spiro atoms. The minimum absolute atomic E-state index is 0.0507. The summed E-state index contributed by atoms with van der Waals surface area (Å²) in [6.07, 6.45) is 3.38. The second kappa shape index (κ2) is 8.04. The van der Waals surface area contributed by atoms with Crippen LogP contribution in [0.4, 0.5) is 0 Å². The van der Waals surface area contributed by atoms with Crippen LogP contribution in [-0.4, -0.2) is 51.5 Å². The number of carboxylic acids is 1. The van der Waals surface area contributed by atoms with E-state index in [1.807, 2.05) is 13.8 Å². The van der Waals surface area contributed by atoms with Gasteiger partial charge in [0, 0.05) is 17.7 Å². The Morgan fingerprint density at radius 2 is 2.00 bits per heavy atom. The number of carbonyl (C=O) groups is 3. The number of amides is 2. The Hall–Kier alpha value is -1.24. The van der Waals surface area contributed by atoms with Crippen LogP contribution in [0.2, 0.25) is 0 Å². The SMILES string of the molecule is CCC(C)NC(=O)C1CSCN1C(=O)C1CCCC(C(=O)O)C1. The molecule has 0 aromatic carbocycles. The van der Waals surface area contributed by atoms with E-state index in [9.17, 15) is 19.5 Å². The zero-order valence-electron chi connectivity index (χ0n) is 13.8. The monoisotopic (exact) mass is 342 g/mol. The van der Waals surface area contributed by atoms with Gasteiger partial charge in [0.05, 0.1) is 11.8 Å². The minimum atomic E-state index is -0.815. The molecule has 2 aliphatic rings. The number of carbonyl (C=O) groups excluding carboxylic acids is 2. The summed E-state index contributed by atoms with van der Waals surface area (Å²) in [4.78, 5) is 38.0. The van der Waals surface area contributed by atoms with Crippen LogP contribution in [0.5, 0.6) is 0 Å². The van der Waals surface area contributed by atoms with Crippen LogP contribution in [0.3, 0.4) is 0 Å². The van der Waals surface area contributed by atoms with Gasteiger partial charge in [-0.1, -0.05) is 13.3 Å². The summed E-state index contributed by atoms with van der Waals surface area (Å²) in [7, 11) is 0. The molecule has 2 amide bonds. The summed E-state index contributed by atoms with van der Waals surface area (Å²) >= 11 is 1.58. The van der Waals surface area contributed by atoms with Crippen LogP contribution in [0.1, 0.15) is 46.0 Å². The number of nitrogens with one attached hydrogen (secondary N) is 1. The zero-order chi connectivity index (χ0) is 17.0. The van der Waals surface area contributed by atoms with Crippen molar-refractivity contribution in [2.24, 2.45) is 11.8 Å². The van der Waals surface area contributed by atoms with E-state index in [0.29, 0.717) is 24.5 Å². The third-order valence-electron chi connectivity index (χ3n) is 4.84. The molecule has 2 fully saturated rings. The molecule has 0 aromatic heterocycles. The summed E-state index contributed by atoms with van der Waals surface area (Å²) < 4.78 is 0. The van der Waals surface area contributed by atoms with E-state index in [4.69, 9.17) is 0 Å². The first-order valence-electron chi connectivity index (χ1n) is 8.35. The van der Waals surface area contributed by atoms with Crippen molar-refractivity contribution in [2.45, 2.75) is 58.0 Å². The van der Waals surface area contributed by atoms with E-state index < -0.39 is 17.9 Å². The van der Waals surface area contributed by atoms with Gasteiger partial charge in [-0.25, -0.2) is 0 Å². The normalized spacial score (nSPS) is 29.1. The molecule has 0 aromatic rings. The fourth-order valence-electron chi connectivity index (χ4n) is 3.19. The first-order valence-corrected chi connectivity index (χ1v) is 9.50. The van der Waals surface area contributed by atoms with Gasteiger partial charge < -0.3 is 15.3 Å². The predicted octanol–water partition coefficient (Wildman–Crippen LogP) is 1.69. The van der Waals surface area contributed by atoms with Gasteiger partial charge in [-0.3, -0.25) is 14.4 Å². The highest BCUT2D eigenvalue weighted by Gasteiger charge is 2.40. The van der Waals surface area contributed by atoms with Gasteiger partial charge in [-0.05, 0) is 32.6 Å². The first-order chi connectivity index (χ1) is 10.9. The molecule has 23 heavy (non-hydrogen) atoms. The number of carboxylic acid groups (broad SMARTS) is 1. The number of aliphatic carboxylic acids is 1. The van der Waals surface area contributed by atoms with Crippen LogP contribution in [0, 0.1) is 11.8 Å². The lowest BCUT2D eigenvalue weighted by atomic mass is 9.80. The van der Waals surface area contributed by atoms with E-state index in [0.717, 1.165) is 19.3 Å². The summed E-state index contributed by atoms with van der Waals surface area (Å²) in [5, 5.41) is 12.1. The molecular weight excluding hydrogens is 316 g/mol. The molecule has 1 saturated heterocycles. The average molecular weight is 342 g/mol. The Bertz CT molecular complexity index is 471. The zero-order valence-corrected chi connectivity index (χ0v) is 14.6. The Kier molecular flexibility index (Phi) is 6.33. The maximum Gasteiger partial charge on any atom is 0.306 e. The highest BCUT2D eigenvalue weighted by Crippen LogP contribution is 2.33. The van der Waals surface area contributed by atoms with E-state index in [1.54, 1.807) is 16.7 Å². The molecule has 1 aliphatic carbocycles. The van der Waals surface area contributed by atoms with E-state index in [-0.39, 0.29) is 23.8 Å². The number of hydrogen-bond acceptors (Lipinski definition) is 4. The fourth-order valence-corrected chi connectivity index (χ4v) is 4.35. The molecule has 4 atom stereocenters. The molecule has 1 aliphatic heterocycles. The highest BCUT2D eigenvalue weighted by molar-refractivity contribution is 7.99.